The van der Waals surface area contributed by atoms with Crippen LogP contribution >= 0.6 is 0 Å². The summed E-state index contributed by atoms with van der Waals surface area (Å²) in [6.07, 6.45) is 11.2. The van der Waals surface area contributed by atoms with Crippen LogP contribution in [0.1, 0.15) is 51.4 Å². The zero-order chi connectivity index (χ0) is 25.9. The van der Waals surface area contributed by atoms with E-state index in [1.165, 1.54) is 69.1 Å². The van der Waals surface area contributed by atoms with Crippen LogP contribution < -0.4 is 14.3 Å². The van der Waals surface area contributed by atoms with E-state index in [1.807, 2.05) is 0 Å². The van der Waals surface area contributed by atoms with Crippen molar-refractivity contribution in [3.8, 4) is 0 Å². The first-order valence-corrected chi connectivity index (χ1v) is 28.8. The van der Waals surface area contributed by atoms with Gasteiger partial charge < -0.3 is 0 Å². The predicted octanol–water partition coefficient (Wildman–Crippen LogP) is 7.65. The third-order valence-electron chi connectivity index (χ3n) is 9.22. The van der Waals surface area contributed by atoms with Gasteiger partial charge >= 0.3 is 242 Å². The Morgan fingerprint density at radius 2 is 0.474 bits per heavy atom. The van der Waals surface area contributed by atoms with Crippen LogP contribution in [0.5, 0.6) is 0 Å². The van der Waals surface area contributed by atoms with Gasteiger partial charge in [-0.1, -0.05) is 0 Å². The maximum atomic E-state index is 2.48. The Kier molecular flexibility index (Phi) is 10.5. The molecule has 0 N–H and O–H groups in total. The quantitative estimate of drug-likeness (QED) is 0.191. The molecule has 1 fully saturated rings. The molecule has 0 unspecified atom stereocenters. The van der Waals surface area contributed by atoms with Crippen molar-refractivity contribution in [1.82, 2.24) is 0 Å². The molecular weight excluding hydrogens is 670 g/mol. The summed E-state index contributed by atoms with van der Waals surface area (Å²) in [5.74, 6) is 0. The molecular formula is C36H44Sn2. The zero-order valence-electron chi connectivity index (χ0n) is 23.0. The van der Waals surface area contributed by atoms with E-state index in [9.17, 15) is 0 Å². The van der Waals surface area contributed by atoms with E-state index in [0.29, 0.717) is 0 Å². The van der Waals surface area contributed by atoms with Gasteiger partial charge in [-0.15, -0.1) is 0 Å². The van der Waals surface area contributed by atoms with E-state index in [2.05, 4.69) is 121 Å². The number of benzene rings is 4. The van der Waals surface area contributed by atoms with Crippen LogP contribution in [0, 0.1) is 0 Å². The molecule has 0 saturated carbocycles. The van der Waals surface area contributed by atoms with E-state index < -0.39 is 36.8 Å². The van der Waals surface area contributed by atoms with E-state index >= 15 is 0 Å². The Morgan fingerprint density at radius 3 is 0.684 bits per heavy atom. The van der Waals surface area contributed by atoms with Crippen molar-refractivity contribution in [3.63, 3.8) is 0 Å². The van der Waals surface area contributed by atoms with Crippen molar-refractivity contribution in [2.24, 2.45) is 0 Å². The Balaban J connectivity index is 1.39. The molecule has 0 bridgehead atoms. The summed E-state index contributed by atoms with van der Waals surface area (Å²) in [6.45, 7) is 0. The molecule has 2 heteroatoms. The Hall–Kier alpha value is -1.52. The van der Waals surface area contributed by atoms with Gasteiger partial charge in [-0.05, 0) is 0 Å². The molecule has 0 aromatic heterocycles. The second-order valence-electron chi connectivity index (χ2n) is 11.5. The average Bonchev–Trinajstić information content (AvgIpc) is 3.00. The molecule has 5 rings (SSSR count). The Morgan fingerprint density at radius 1 is 0.263 bits per heavy atom. The molecule has 0 amide bonds. The molecule has 0 radical (unpaired) electrons. The van der Waals surface area contributed by atoms with Gasteiger partial charge in [-0.25, -0.2) is 0 Å². The van der Waals surface area contributed by atoms with Crippen molar-refractivity contribution in [3.05, 3.63) is 121 Å². The second kappa shape index (κ2) is 14.2. The Labute approximate surface area is 239 Å². The first-order valence-electron chi connectivity index (χ1n) is 15.1. The van der Waals surface area contributed by atoms with Crippen LogP contribution in [0.15, 0.2) is 121 Å². The van der Waals surface area contributed by atoms with Gasteiger partial charge in [0.05, 0.1) is 0 Å². The van der Waals surface area contributed by atoms with Gasteiger partial charge in [0.15, 0.2) is 0 Å². The minimum atomic E-state index is -2.73. The molecule has 4 aromatic carbocycles. The van der Waals surface area contributed by atoms with Gasteiger partial charge in [0.1, 0.15) is 0 Å². The molecule has 0 aliphatic carbocycles. The summed E-state index contributed by atoms with van der Waals surface area (Å²) in [7, 11) is 0. The monoisotopic (exact) mass is 716 g/mol. The number of hydrogen-bond acceptors (Lipinski definition) is 0. The van der Waals surface area contributed by atoms with Crippen molar-refractivity contribution in [2.45, 2.75) is 69.1 Å². The summed E-state index contributed by atoms with van der Waals surface area (Å²) < 4.78 is 12.8. The van der Waals surface area contributed by atoms with Gasteiger partial charge in [-0.3, -0.25) is 0 Å². The molecule has 1 saturated heterocycles. The van der Waals surface area contributed by atoms with E-state index in [-0.39, 0.29) is 0 Å². The summed E-state index contributed by atoms with van der Waals surface area (Å²) in [4.78, 5) is 0. The van der Waals surface area contributed by atoms with Crippen molar-refractivity contribution in [1.29, 1.82) is 0 Å². The van der Waals surface area contributed by atoms with Crippen LogP contribution in [0.25, 0.3) is 0 Å². The molecule has 38 heavy (non-hydrogen) atoms. The normalized spacial score (nSPS) is 18.7. The molecule has 0 nitrogen and oxygen atoms in total. The van der Waals surface area contributed by atoms with Gasteiger partial charge in [0.2, 0.25) is 0 Å². The molecule has 4 aromatic rings. The third kappa shape index (κ3) is 6.61. The van der Waals surface area contributed by atoms with Gasteiger partial charge in [-0.2, -0.15) is 0 Å². The molecule has 0 atom stereocenters. The molecule has 1 aliphatic heterocycles. The van der Waals surface area contributed by atoms with Crippen LogP contribution in [0.2, 0.25) is 17.7 Å². The SMILES string of the molecule is c1cc[c]([Sn]2([c]3ccccc3)[CH2]CCCC[CH2][Sn]([c]3ccccc3)([c]3ccccc3)[CH2]CCCC[CH2]2)cc1. The molecule has 0 spiro atoms. The van der Waals surface area contributed by atoms with E-state index in [0.717, 1.165) is 0 Å². The fraction of sp³-hybridized carbons (Fsp3) is 0.333. The van der Waals surface area contributed by atoms with E-state index in [1.54, 1.807) is 14.3 Å². The first-order chi connectivity index (χ1) is 18.8. The predicted molar refractivity (Wildman–Crippen MR) is 172 cm³/mol. The van der Waals surface area contributed by atoms with Crippen molar-refractivity contribution >= 4 is 51.1 Å². The summed E-state index contributed by atoms with van der Waals surface area (Å²) in [5, 5.41) is 0. The van der Waals surface area contributed by atoms with Crippen molar-refractivity contribution in [2.75, 3.05) is 0 Å². The standard InChI is InChI=1S/4C6H5.2C6H12.2Sn/c4*1-2-4-6-5-3-1;2*1-3-5-6-4-2;;/h4*1-5H;2*1-6H2;;. The van der Waals surface area contributed by atoms with Crippen molar-refractivity contribution < 1.29 is 0 Å². The third-order valence-corrected chi connectivity index (χ3v) is 39.4. The van der Waals surface area contributed by atoms with Gasteiger partial charge in [0, 0.05) is 0 Å². The number of hydrogen-bond donors (Lipinski definition) is 0. The summed E-state index contributed by atoms with van der Waals surface area (Å²) in [6, 6.07) is 47.0. The topological polar surface area (TPSA) is 0 Å². The molecule has 1 aliphatic rings. The van der Waals surface area contributed by atoms with Crippen LogP contribution in [0.4, 0.5) is 0 Å². The number of rotatable bonds is 4. The fourth-order valence-electron chi connectivity index (χ4n) is 7.18. The zero-order valence-corrected chi connectivity index (χ0v) is 28.7. The molecule has 196 valence electrons. The van der Waals surface area contributed by atoms with Gasteiger partial charge in [0.25, 0.3) is 0 Å². The fourth-order valence-corrected chi connectivity index (χ4v) is 36.3. The van der Waals surface area contributed by atoms with Crippen LogP contribution in [0.3, 0.4) is 0 Å². The maximum absolute atomic E-state index is 2.73. The minimum absolute atomic E-state index is 1.39. The molecule has 1 heterocycles. The summed E-state index contributed by atoms with van der Waals surface area (Å²) in [5.41, 5.74) is 0. The second-order valence-corrected chi connectivity index (χ2v) is 36.1. The average molecular weight is 714 g/mol. The van der Waals surface area contributed by atoms with E-state index in [4.69, 9.17) is 0 Å². The van der Waals surface area contributed by atoms with Crippen LogP contribution in [-0.2, 0) is 0 Å². The van der Waals surface area contributed by atoms with Crippen LogP contribution in [-0.4, -0.2) is 36.8 Å². The summed E-state index contributed by atoms with van der Waals surface area (Å²) >= 11 is -5.47. The Bertz CT molecular complexity index is 1010. The first kappa shape index (κ1) is 28.0.